The molecule has 0 radical (unpaired) electrons. The number of anilines is 1. The minimum absolute atomic E-state index is 0.178. The summed E-state index contributed by atoms with van der Waals surface area (Å²) >= 11 is 6.12. The fraction of sp³-hybridized carbons (Fsp3) is 0.192. The molecule has 1 N–H and O–H groups in total. The van der Waals surface area contributed by atoms with E-state index < -0.39 is 5.82 Å². The number of likely N-dealkylation sites (tertiary alicyclic amines) is 1. The number of amides is 2. The third-order valence-electron chi connectivity index (χ3n) is 5.76. The molecule has 3 aromatic carbocycles. The molecule has 4 rings (SSSR count). The molecule has 0 atom stereocenters. The molecule has 0 bridgehead atoms. The molecule has 1 aliphatic rings. The molecule has 0 spiro atoms. The number of carbonyl (C=O) groups is 3. The van der Waals surface area contributed by atoms with Crippen LogP contribution in [0.4, 0.5) is 10.1 Å². The monoisotopic (exact) mass is 464 g/mol. The fourth-order valence-corrected chi connectivity index (χ4v) is 4.09. The van der Waals surface area contributed by atoms with Gasteiger partial charge in [0.15, 0.2) is 5.78 Å². The summed E-state index contributed by atoms with van der Waals surface area (Å²) in [4.78, 5) is 40.2. The van der Waals surface area contributed by atoms with Gasteiger partial charge in [0.2, 0.25) is 5.91 Å². The highest BCUT2D eigenvalue weighted by atomic mass is 35.5. The summed E-state index contributed by atoms with van der Waals surface area (Å²) in [5.74, 6) is -1.30. The molecule has 0 saturated carbocycles. The van der Waals surface area contributed by atoms with Crippen molar-refractivity contribution in [3.8, 4) is 0 Å². The van der Waals surface area contributed by atoms with E-state index in [9.17, 15) is 18.8 Å². The first-order valence-corrected chi connectivity index (χ1v) is 11.0. The maximum atomic E-state index is 13.1. The van der Waals surface area contributed by atoms with E-state index in [2.05, 4.69) is 5.32 Å². The minimum Gasteiger partial charge on any atom is -0.339 e. The van der Waals surface area contributed by atoms with Gasteiger partial charge in [-0.05, 0) is 55.3 Å². The average Bonchev–Trinajstić information content (AvgIpc) is 2.85. The van der Waals surface area contributed by atoms with E-state index >= 15 is 0 Å². The predicted octanol–water partition coefficient (Wildman–Crippen LogP) is 5.20. The average molecular weight is 465 g/mol. The van der Waals surface area contributed by atoms with Crippen molar-refractivity contribution in [1.29, 1.82) is 0 Å². The Kier molecular flexibility index (Phi) is 6.84. The number of nitrogens with zero attached hydrogens (tertiary/aromatic N) is 1. The molecule has 3 aromatic rings. The second-order valence-electron chi connectivity index (χ2n) is 7.95. The maximum Gasteiger partial charge on any atom is 0.253 e. The highest BCUT2D eigenvalue weighted by Crippen LogP contribution is 2.26. The molecule has 33 heavy (non-hydrogen) atoms. The summed E-state index contributed by atoms with van der Waals surface area (Å²) in [6.07, 6.45) is 0.989. The zero-order valence-electron chi connectivity index (χ0n) is 17.8. The lowest BCUT2D eigenvalue weighted by atomic mass is 9.94. The molecule has 1 saturated heterocycles. The maximum absolute atomic E-state index is 13.1. The van der Waals surface area contributed by atoms with E-state index in [1.165, 1.54) is 24.3 Å². The van der Waals surface area contributed by atoms with E-state index in [1.54, 1.807) is 47.4 Å². The van der Waals surface area contributed by atoms with Crippen LogP contribution >= 0.6 is 11.6 Å². The zero-order valence-corrected chi connectivity index (χ0v) is 18.5. The van der Waals surface area contributed by atoms with Crippen LogP contribution in [0.25, 0.3) is 0 Å². The standard InChI is InChI=1S/C26H22ClFN2O3/c27-20-8-11-23(22(16-20)24(31)17-4-2-1-3-5-17)29-25(32)18-12-14-30(15-13-18)26(33)19-6-9-21(28)10-7-19/h1-11,16,18H,12-15H2,(H,29,32). The Balaban J connectivity index is 1.42. The molecule has 0 aliphatic carbocycles. The van der Waals surface area contributed by atoms with Crippen LogP contribution in [0.3, 0.4) is 0 Å². The Morgan fingerprint density at radius 3 is 2.21 bits per heavy atom. The first kappa shape index (κ1) is 22.7. The SMILES string of the molecule is O=C(c1ccccc1)c1cc(Cl)ccc1NC(=O)C1CCN(C(=O)c2ccc(F)cc2)CC1. The van der Waals surface area contributed by atoms with Gasteiger partial charge in [0, 0.05) is 40.7 Å². The molecule has 1 fully saturated rings. The first-order valence-electron chi connectivity index (χ1n) is 10.7. The lowest BCUT2D eigenvalue weighted by Gasteiger charge is -2.31. The van der Waals surface area contributed by atoms with Gasteiger partial charge in [-0.15, -0.1) is 0 Å². The number of hydrogen-bond donors (Lipinski definition) is 1. The Labute approximate surface area is 196 Å². The van der Waals surface area contributed by atoms with Gasteiger partial charge in [-0.2, -0.15) is 0 Å². The van der Waals surface area contributed by atoms with Crippen molar-refractivity contribution in [3.05, 3.63) is 100 Å². The van der Waals surface area contributed by atoms with E-state index in [0.717, 1.165) is 0 Å². The van der Waals surface area contributed by atoms with Crippen LogP contribution in [0.15, 0.2) is 72.8 Å². The van der Waals surface area contributed by atoms with Crippen LogP contribution in [0, 0.1) is 11.7 Å². The van der Waals surface area contributed by atoms with Crippen LogP contribution in [0.1, 0.15) is 39.1 Å². The second-order valence-corrected chi connectivity index (χ2v) is 8.38. The van der Waals surface area contributed by atoms with Crippen molar-refractivity contribution in [2.45, 2.75) is 12.8 Å². The van der Waals surface area contributed by atoms with Crippen LogP contribution in [0.5, 0.6) is 0 Å². The number of piperidine rings is 1. The molecule has 0 aromatic heterocycles. The zero-order chi connectivity index (χ0) is 23.4. The molecule has 0 unspecified atom stereocenters. The van der Waals surface area contributed by atoms with Gasteiger partial charge >= 0.3 is 0 Å². The third kappa shape index (κ3) is 5.29. The molecule has 1 aliphatic heterocycles. The lowest BCUT2D eigenvalue weighted by molar-refractivity contribution is -0.121. The number of benzene rings is 3. The van der Waals surface area contributed by atoms with Crippen molar-refractivity contribution in [3.63, 3.8) is 0 Å². The molecule has 2 amide bonds. The molecule has 168 valence electrons. The third-order valence-corrected chi connectivity index (χ3v) is 6.00. The molecule has 7 heteroatoms. The van der Waals surface area contributed by atoms with Gasteiger partial charge in [0.25, 0.3) is 5.91 Å². The van der Waals surface area contributed by atoms with Crippen LogP contribution in [0.2, 0.25) is 5.02 Å². The number of ketones is 1. The Morgan fingerprint density at radius 1 is 0.879 bits per heavy atom. The summed E-state index contributed by atoms with van der Waals surface area (Å²) in [5.41, 5.74) is 1.65. The summed E-state index contributed by atoms with van der Waals surface area (Å²) in [6, 6.07) is 19.0. The highest BCUT2D eigenvalue weighted by molar-refractivity contribution is 6.31. The van der Waals surface area contributed by atoms with Crippen LogP contribution in [-0.2, 0) is 4.79 Å². The van der Waals surface area contributed by atoms with E-state index in [1.807, 2.05) is 6.07 Å². The van der Waals surface area contributed by atoms with Crippen molar-refractivity contribution in [1.82, 2.24) is 4.90 Å². The normalized spacial score (nSPS) is 14.1. The summed E-state index contributed by atoms with van der Waals surface area (Å²) < 4.78 is 13.1. The van der Waals surface area contributed by atoms with Gasteiger partial charge in [-0.25, -0.2) is 4.39 Å². The Hall–Kier alpha value is -3.51. The van der Waals surface area contributed by atoms with E-state index in [0.29, 0.717) is 53.3 Å². The molecular formula is C26H22ClFN2O3. The van der Waals surface area contributed by atoms with Gasteiger partial charge in [-0.3, -0.25) is 14.4 Å². The van der Waals surface area contributed by atoms with Crippen molar-refractivity contribution in [2.75, 3.05) is 18.4 Å². The van der Waals surface area contributed by atoms with Gasteiger partial charge in [0.05, 0.1) is 5.69 Å². The van der Waals surface area contributed by atoms with E-state index in [4.69, 9.17) is 11.6 Å². The number of carbonyl (C=O) groups excluding carboxylic acids is 3. The fourth-order valence-electron chi connectivity index (χ4n) is 3.91. The highest BCUT2D eigenvalue weighted by Gasteiger charge is 2.28. The summed E-state index contributed by atoms with van der Waals surface area (Å²) in [7, 11) is 0. The lowest BCUT2D eigenvalue weighted by Crippen LogP contribution is -2.41. The van der Waals surface area contributed by atoms with Gasteiger partial charge < -0.3 is 10.2 Å². The van der Waals surface area contributed by atoms with Crippen molar-refractivity contribution < 1.29 is 18.8 Å². The molecule has 5 nitrogen and oxygen atoms in total. The first-order chi connectivity index (χ1) is 15.9. The minimum atomic E-state index is -0.394. The Bertz CT molecular complexity index is 1170. The number of halogens is 2. The van der Waals surface area contributed by atoms with E-state index in [-0.39, 0.29) is 23.5 Å². The number of hydrogen-bond acceptors (Lipinski definition) is 3. The predicted molar refractivity (Wildman–Crippen MR) is 125 cm³/mol. The summed E-state index contributed by atoms with van der Waals surface area (Å²) in [5, 5.41) is 3.28. The summed E-state index contributed by atoms with van der Waals surface area (Å²) in [6.45, 7) is 0.843. The Morgan fingerprint density at radius 2 is 1.55 bits per heavy atom. The van der Waals surface area contributed by atoms with Crippen molar-refractivity contribution >= 4 is 34.9 Å². The number of nitrogens with one attached hydrogen (secondary N) is 1. The van der Waals surface area contributed by atoms with Crippen molar-refractivity contribution in [2.24, 2.45) is 5.92 Å². The smallest absolute Gasteiger partial charge is 0.253 e. The second kappa shape index (κ2) is 9.96. The largest absolute Gasteiger partial charge is 0.339 e. The quantitative estimate of drug-likeness (QED) is 0.528. The van der Waals surface area contributed by atoms with Crippen LogP contribution < -0.4 is 5.32 Å². The molecular weight excluding hydrogens is 443 g/mol. The van der Waals surface area contributed by atoms with Gasteiger partial charge in [-0.1, -0.05) is 41.9 Å². The number of rotatable bonds is 5. The topological polar surface area (TPSA) is 66.5 Å². The van der Waals surface area contributed by atoms with Crippen LogP contribution in [-0.4, -0.2) is 35.6 Å². The van der Waals surface area contributed by atoms with Gasteiger partial charge in [0.1, 0.15) is 5.82 Å². The molecule has 1 heterocycles.